The summed E-state index contributed by atoms with van der Waals surface area (Å²) < 4.78 is 0. The molecule has 7 aromatic rings. The van der Waals surface area contributed by atoms with E-state index in [9.17, 15) is 0 Å². The Bertz CT molecular complexity index is 1840. The van der Waals surface area contributed by atoms with Crippen LogP contribution in [0.2, 0.25) is 0 Å². The predicted molar refractivity (Wildman–Crippen MR) is 159 cm³/mol. The number of fused-ring (bicyclic) bond motifs is 4. The van der Waals surface area contributed by atoms with Crippen LogP contribution < -0.4 is 15.9 Å². The number of pyridine rings is 2. The molecule has 2 heterocycles. The molecule has 0 atom stereocenters. The van der Waals surface area contributed by atoms with Crippen LogP contribution in [0.25, 0.3) is 43.7 Å². The normalized spacial score (nSPS) is 11.5. The Hall–Kier alpha value is -4.39. The lowest BCUT2D eigenvalue weighted by molar-refractivity contribution is 1.37. The first kappa shape index (κ1) is 21.9. The average molecular weight is 491 g/mol. The van der Waals surface area contributed by atoms with Gasteiger partial charge in [0, 0.05) is 28.7 Å². The van der Waals surface area contributed by atoms with E-state index >= 15 is 0 Å². The fraction of sp³-hybridized carbons (Fsp3) is 0. The van der Waals surface area contributed by atoms with Gasteiger partial charge in [0.15, 0.2) is 0 Å². The van der Waals surface area contributed by atoms with Crippen LogP contribution in [0.1, 0.15) is 0 Å². The molecule has 2 aromatic heterocycles. The molecule has 0 saturated heterocycles. The molecule has 0 amide bonds. The molecule has 7 rings (SSSR count). The van der Waals surface area contributed by atoms with Crippen molar-refractivity contribution in [1.29, 1.82) is 0 Å². The molecule has 0 aliphatic heterocycles. The molecule has 5 aromatic carbocycles. The second-order valence-corrected chi connectivity index (χ2v) is 11.4. The lowest BCUT2D eigenvalue weighted by atomic mass is 10.0. The van der Waals surface area contributed by atoms with Gasteiger partial charge in [-0.05, 0) is 64.4 Å². The van der Waals surface area contributed by atoms with Crippen molar-refractivity contribution in [2.24, 2.45) is 0 Å². The van der Waals surface area contributed by atoms with E-state index in [2.05, 4.69) is 126 Å². The monoisotopic (exact) mass is 490 g/mol. The quantitative estimate of drug-likeness (QED) is 0.190. The highest BCUT2D eigenvalue weighted by atomic mass is 31.1. The minimum Gasteiger partial charge on any atom is -0.254 e. The summed E-state index contributed by atoms with van der Waals surface area (Å²) in [6.45, 7) is 0. The van der Waals surface area contributed by atoms with E-state index in [4.69, 9.17) is 4.98 Å². The molecule has 0 aliphatic rings. The van der Waals surface area contributed by atoms with Crippen LogP contribution in [-0.2, 0) is 0 Å². The summed E-state index contributed by atoms with van der Waals surface area (Å²) in [6, 6.07) is 45.9. The summed E-state index contributed by atoms with van der Waals surface area (Å²) in [5, 5.41) is 8.80. The first-order valence-electron chi connectivity index (χ1n) is 12.4. The molecule has 0 fully saturated rings. The number of hydrogen-bond donors (Lipinski definition) is 0. The van der Waals surface area contributed by atoms with Crippen molar-refractivity contribution in [3.63, 3.8) is 0 Å². The van der Waals surface area contributed by atoms with Gasteiger partial charge in [0.25, 0.3) is 0 Å². The summed E-state index contributed by atoms with van der Waals surface area (Å²) in [6.07, 6.45) is 3.80. The van der Waals surface area contributed by atoms with E-state index < -0.39 is 7.92 Å². The number of aromatic nitrogens is 2. The highest BCUT2D eigenvalue weighted by Gasteiger charge is 2.16. The maximum atomic E-state index is 4.81. The molecule has 0 bridgehead atoms. The highest BCUT2D eigenvalue weighted by molar-refractivity contribution is 7.79. The number of nitrogens with zero attached hydrogens (tertiary/aromatic N) is 2. The third-order valence-electron chi connectivity index (χ3n) is 6.87. The number of rotatable bonds is 4. The van der Waals surface area contributed by atoms with Crippen molar-refractivity contribution >= 4 is 56.4 Å². The van der Waals surface area contributed by atoms with Crippen LogP contribution in [0, 0.1) is 0 Å². The molecular formula is C34H23N2P. The SMILES string of the molecule is c1ccc(P(c2ccccc2)c2ccc3cc(-c4cnc5c(ccc6cccnc65)c4)ccc3c2)cc1. The summed E-state index contributed by atoms with van der Waals surface area (Å²) in [5.74, 6) is 0. The van der Waals surface area contributed by atoms with E-state index in [1.54, 1.807) is 0 Å². The molecule has 0 radical (unpaired) electrons. The van der Waals surface area contributed by atoms with Gasteiger partial charge in [-0.2, -0.15) is 0 Å². The maximum absolute atomic E-state index is 4.81. The lowest BCUT2D eigenvalue weighted by Crippen LogP contribution is -2.20. The van der Waals surface area contributed by atoms with Crippen LogP contribution in [0.3, 0.4) is 0 Å². The largest absolute Gasteiger partial charge is 0.254 e. The van der Waals surface area contributed by atoms with E-state index in [1.165, 1.54) is 32.2 Å². The molecule has 0 spiro atoms. The second-order valence-electron chi connectivity index (χ2n) is 9.19. The summed E-state index contributed by atoms with van der Waals surface area (Å²) in [7, 11) is -0.621. The van der Waals surface area contributed by atoms with Gasteiger partial charge in [0.05, 0.1) is 11.0 Å². The minimum absolute atomic E-state index is 0.621. The Morgan fingerprint density at radius 1 is 0.405 bits per heavy atom. The highest BCUT2D eigenvalue weighted by Crippen LogP contribution is 2.35. The number of benzene rings is 5. The predicted octanol–water partition coefficient (Wildman–Crippen LogP) is 7.36. The Morgan fingerprint density at radius 2 is 1.03 bits per heavy atom. The molecular weight excluding hydrogens is 467 g/mol. The third-order valence-corrected chi connectivity index (χ3v) is 9.29. The zero-order valence-corrected chi connectivity index (χ0v) is 21.0. The first-order chi connectivity index (χ1) is 18.3. The van der Waals surface area contributed by atoms with Gasteiger partial charge < -0.3 is 0 Å². The molecule has 0 unspecified atom stereocenters. The van der Waals surface area contributed by atoms with Crippen LogP contribution in [0.4, 0.5) is 0 Å². The standard InChI is InChI=1S/C34H23N2P/c1-3-9-30(10-4-1)37(31-11-5-2-6-12-31)32-18-17-25-20-26(14-15-27(25)22-32)29-21-28-16-13-24-8-7-19-35-33(24)34(28)36-23-29/h1-23H. The van der Waals surface area contributed by atoms with Crippen molar-refractivity contribution in [2.75, 3.05) is 0 Å². The van der Waals surface area contributed by atoms with Crippen molar-refractivity contribution in [2.45, 2.75) is 0 Å². The second kappa shape index (κ2) is 9.24. The van der Waals surface area contributed by atoms with E-state index in [1.807, 2.05) is 18.5 Å². The van der Waals surface area contributed by atoms with Crippen molar-refractivity contribution < 1.29 is 0 Å². The van der Waals surface area contributed by atoms with Gasteiger partial charge in [0.1, 0.15) is 0 Å². The summed E-state index contributed by atoms with van der Waals surface area (Å²) >= 11 is 0. The third kappa shape index (κ3) is 4.06. The molecule has 2 nitrogen and oxygen atoms in total. The number of hydrogen-bond acceptors (Lipinski definition) is 2. The lowest BCUT2D eigenvalue weighted by Gasteiger charge is -2.20. The topological polar surface area (TPSA) is 25.8 Å². The Balaban J connectivity index is 1.29. The van der Waals surface area contributed by atoms with Gasteiger partial charge in [-0.3, -0.25) is 9.97 Å². The van der Waals surface area contributed by atoms with Gasteiger partial charge >= 0.3 is 0 Å². The molecule has 3 heteroatoms. The Morgan fingerprint density at radius 3 is 1.81 bits per heavy atom. The maximum Gasteiger partial charge on any atom is 0.0964 e. The Labute approximate surface area is 217 Å². The summed E-state index contributed by atoms with van der Waals surface area (Å²) in [4.78, 5) is 9.37. The van der Waals surface area contributed by atoms with Gasteiger partial charge in [-0.1, -0.05) is 103 Å². The van der Waals surface area contributed by atoms with E-state index in [-0.39, 0.29) is 0 Å². The smallest absolute Gasteiger partial charge is 0.0964 e. The summed E-state index contributed by atoms with van der Waals surface area (Å²) in [5.41, 5.74) is 4.18. The van der Waals surface area contributed by atoms with Gasteiger partial charge in [-0.25, -0.2) is 0 Å². The van der Waals surface area contributed by atoms with Crippen molar-refractivity contribution in [3.05, 3.63) is 140 Å². The van der Waals surface area contributed by atoms with Crippen LogP contribution in [-0.4, -0.2) is 9.97 Å². The average Bonchev–Trinajstić information content (AvgIpc) is 2.98. The minimum atomic E-state index is -0.621. The van der Waals surface area contributed by atoms with E-state index in [0.29, 0.717) is 0 Å². The first-order valence-corrected chi connectivity index (χ1v) is 13.8. The molecule has 37 heavy (non-hydrogen) atoms. The fourth-order valence-corrected chi connectivity index (χ4v) is 7.37. The molecule has 0 saturated carbocycles. The zero-order valence-electron chi connectivity index (χ0n) is 20.1. The van der Waals surface area contributed by atoms with Crippen LogP contribution >= 0.6 is 7.92 Å². The van der Waals surface area contributed by atoms with Crippen molar-refractivity contribution in [1.82, 2.24) is 9.97 Å². The molecule has 174 valence electrons. The Kier molecular flexibility index (Phi) is 5.46. The van der Waals surface area contributed by atoms with Gasteiger partial charge in [0.2, 0.25) is 0 Å². The molecule has 0 N–H and O–H groups in total. The van der Waals surface area contributed by atoms with Gasteiger partial charge in [-0.15, -0.1) is 0 Å². The van der Waals surface area contributed by atoms with Crippen LogP contribution in [0.15, 0.2) is 140 Å². The fourth-order valence-electron chi connectivity index (χ4n) is 5.05. The van der Waals surface area contributed by atoms with Crippen LogP contribution in [0.5, 0.6) is 0 Å². The zero-order chi connectivity index (χ0) is 24.6. The van der Waals surface area contributed by atoms with Crippen molar-refractivity contribution in [3.8, 4) is 11.1 Å². The van der Waals surface area contributed by atoms with E-state index in [0.717, 1.165) is 27.4 Å². The molecule has 0 aliphatic carbocycles.